The van der Waals surface area contributed by atoms with Crippen LogP contribution in [0.15, 0.2) is 46.0 Å². The lowest BCUT2D eigenvalue weighted by atomic mass is 10.2. The van der Waals surface area contributed by atoms with Crippen LogP contribution in [0.4, 0.5) is 11.4 Å². The third kappa shape index (κ3) is 3.30. The fourth-order valence-corrected chi connectivity index (χ4v) is 3.38. The molecule has 108 valence electrons. The molecule has 1 heterocycles. The van der Waals surface area contributed by atoms with Gasteiger partial charge in [0.2, 0.25) is 0 Å². The quantitative estimate of drug-likeness (QED) is 0.559. The van der Waals surface area contributed by atoms with Crippen LogP contribution in [-0.4, -0.2) is 13.4 Å². The normalized spacial score (nSPS) is 10.7. The highest BCUT2D eigenvalue weighted by atomic mass is 79.9. The van der Waals surface area contributed by atoms with Crippen molar-refractivity contribution in [1.29, 1.82) is 5.26 Å². The number of nitrogens with zero attached hydrogens (tertiary/aromatic N) is 2. The Hall–Kier alpha value is -2.15. The number of benzene rings is 1. The molecule has 0 atom stereocenters. The summed E-state index contributed by atoms with van der Waals surface area (Å²) in [5, 5.41) is 8.79. The number of hydrogen-bond donors (Lipinski definition) is 3. The summed E-state index contributed by atoms with van der Waals surface area (Å²) in [7, 11) is -3.87. The van der Waals surface area contributed by atoms with E-state index >= 15 is 0 Å². The van der Waals surface area contributed by atoms with Crippen molar-refractivity contribution < 1.29 is 8.42 Å². The SMILES string of the molecule is N#Cc1ccc(NS(=O)(=O)c2cnccc2NN)c(Br)c1. The van der Waals surface area contributed by atoms with Crippen molar-refractivity contribution in [1.82, 2.24) is 4.98 Å². The number of anilines is 2. The smallest absolute Gasteiger partial charge is 0.265 e. The van der Waals surface area contributed by atoms with Crippen molar-refractivity contribution in [2.24, 2.45) is 5.84 Å². The molecule has 1 aromatic carbocycles. The van der Waals surface area contributed by atoms with E-state index in [4.69, 9.17) is 11.1 Å². The van der Waals surface area contributed by atoms with E-state index in [2.05, 4.69) is 31.1 Å². The Morgan fingerprint density at radius 1 is 1.29 bits per heavy atom. The molecule has 0 spiro atoms. The highest BCUT2D eigenvalue weighted by Gasteiger charge is 2.19. The van der Waals surface area contributed by atoms with Crippen molar-refractivity contribution in [2.45, 2.75) is 4.90 Å². The summed E-state index contributed by atoms with van der Waals surface area (Å²) in [5.41, 5.74) is 3.25. The molecule has 9 heteroatoms. The number of nitrogens with one attached hydrogen (secondary N) is 2. The summed E-state index contributed by atoms with van der Waals surface area (Å²) < 4.78 is 27.6. The number of rotatable bonds is 4. The molecule has 4 N–H and O–H groups in total. The van der Waals surface area contributed by atoms with Crippen LogP contribution in [0.2, 0.25) is 0 Å². The lowest BCUT2D eigenvalue weighted by Gasteiger charge is -2.12. The molecule has 1 aromatic heterocycles. The molecule has 2 rings (SSSR count). The molecular formula is C12H10BrN5O2S. The van der Waals surface area contributed by atoms with E-state index < -0.39 is 10.0 Å². The Morgan fingerprint density at radius 3 is 2.67 bits per heavy atom. The number of nitrogens with two attached hydrogens (primary N) is 1. The molecule has 0 unspecified atom stereocenters. The first-order valence-corrected chi connectivity index (χ1v) is 7.88. The third-order valence-electron chi connectivity index (χ3n) is 2.57. The van der Waals surface area contributed by atoms with Gasteiger partial charge in [0.05, 0.1) is 23.0 Å². The van der Waals surface area contributed by atoms with E-state index in [0.29, 0.717) is 15.7 Å². The number of sulfonamides is 1. The van der Waals surface area contributed by atoms with Crippen molar-refractivity contribution in [3.05, 3.63) is 46.7 Å². The van der Waals surface area contributed by atoms with Gasteiger partial charge in [0.1, 0.15) is 4.90 Å². The average Bonchev–Trinajstić information content (AvgIpc) is 2.49. The van der Waals surface area contributed by atoms with Crippen LogP contribution < -0.4 is 16.0 Å². The van der Waals surface area contributed by atoms with E-state index in [-0.39, 0.29) is 10.6 Å². The van der Waals surface area contributed by atoms with Gasteiger partial charge in [-0.3, -0.25) is 15.5 Å². The number of aromatic nitrogens is 1. The zero-order valence-corrected chi connectivity index (χ0v) is 12.9. The van der Waals surface area contributed by atoms with Crippen LogP contribution in [0.5, 0.6) is 0 Å². The van der Waals surface area contributed by atoms with Crippen LogP contribution in [0, 0.1) is 11.3 Å². The van der Waals surface area contributed by atoms with Crippen molar-refractivity contribution in [3.8, 4) is 6.07 Å². The number of halogens is 1. The van der Waals surface area contributed by atoms with Crippen LogP contribution in [0.3, 0.4) is 0 Å². The molecule has 2 aromatic rings. The maximum Gasteiger partial charge on any atom is 0.265 e. The van der Waals surface area contributed by atoms with Crippen LogP contribution in [0.1, 0.15) is 5.56 Å². The second-order valence-corrected chi connectivity index (χ2v) is 6.43. The highest BCUT2D eigenvalue weighted by molar-refractivity contribution is 9.10. The van der Waals surface area contributed by atoms with E-state index in [0.717, 1.165) is 0 Å². The number of nitrogen functional groups attached to an aromatic ring is 1. The van der Waals surface area contributed by atoms with Gasteiger partial charge in [-0.05, 0) is 40.2 Å². The molecule has 0 aliphatic heterocycles. The summed E-state index contributed by atoms with van der Waals surface area (Å²) >= 11 is 3.21. The first-order valence-electron chi connectivity index (χ1n) is 5.61. The average molecular weight is 368 g/mol. The lowest BCUT2D eigenvalue weighted by Crippen LogP contribution is -2.18. The standard InChI is InChI=1S/C12H10BrN5O2S/c13-9-5-8(6-14)1-2-10(9)18-21(19,20)12-7-16-4-3-11(12)17-15/h1-5,7,18H,15H2,(H,16,17). The van der Waals surface area contributed by atoms with E-state index in [9.17, 15) is 8.42 Å². The number of hydrazine groups is 1. The maximum atomic E-state index is 12.4. The van der Waals surface area contributed by atoms with E-state index in [1.165, 1.54) is 36.7 Å². The van der Waals surface area contributed by atoms with Crippen LogP contribution in [0.25, 0.3) is 0 Å². The zero-order valence-electron chi connectivity index (χ0n) is 10.5. The summed E-state index contributed by atoms with van der Waals surface area (Å²) in [6, 6.07) is 7.93. The zero-order chi connectivity index (χ0) is 15.5. The number of pyridine rings is 1. The van der Waals surface area contributed by atoms with E-state index in [1.54, 1.807) is 0 Å². The Morgan fingerprint density at radius 2 is 2.05 bits per heavy atom. The molecule has 21 heavy (non-hydrogen) atoms. The monoisotopic (exact) mass is 367 g/mol. The Kier molecular flexibility index (Phi) is 4.42. The molecular weight excluding hydrogens is 358 g/mol. The van der Waals surface area contributed by atoms with Gasteiger partial charge in [0, 0.05) is 16.9 Å². The van der Waals surface area contributed by atoms with Crippen molar-refractivity contribution >= 4 is 37.3 Å². The molecule has 0 aliphatic carbocycles. The molecule has 0 radical (unpaired) electrons. The summed E-state index contributed by atoms with van der Waals surface area (Å²) in [6.45, 7) is 0. The van der Waals surface area contributed by atoms with Gasteiger partial charge in [-0.25, -0.2) is 8.42 Å². The van der Waals surface area contributed by atoms with E-state index in [1.807, 2.05) is 6.07 Å². The molecule has 7 nitrogen and oxygen atoms in total. The van der Waals surface area contributed by atoms with Gasteiger partial charge in [0.15, 0.2) is 0 Å². The second-order valence-electron chi connectivity index (χ2n) is 3.93. The van der Waals surface area contributed by atoms with Crippen molar-refractivity contribution in [2.75, 3.05) is 10.1 Å². The third-order valence-corrected chi connectivity index (χ3v) is 4.62. The van der Waals surface area contributed by atoms with Gasteiger partial charge in [-0.15, -0.1) is 0 Å². The molecule has 0 amide bonds. The molecule has 0 saturated carbocycles. The lowest BCUT2D eigenvalue weighted by molar-refractivity contribution is 0.601. The fourth-order valence-electron chi connectivity index (χ4n) is 1.58. The van der Waals surface area contributed by atoms with Gasteiger partial charge < -0.3 is 5.43 Å². The van der Waals surface area contributed by atoms with Gasteiger partial charge in [0.25, 0.3) is 10.0 Å². The minimum atomic E-state index is -3.87. The van der Waals surface area contributed by atoms with Gasteiger partial charge >= 0.3 is 0 Å². The summed E-state index contributed by atoms with van der Waals surface area (Å²) in [5.74, 6) is 5.29. The maximum absolute atomic E-state index is 12.4. The molecule has 0 aliphatic rings. The van der Waals surface area contributed by atoms with Crippen LogP contribution >= 0.6 is 15.9 Å². The first kappa shape index (κ1) is 15.2. The first-order chi connectivity index (χ1) is 9.97. The fraction of sp³-hybridized carbons (Fsp3) is 0. The summed E-state index contributed by atoms with van der Waals surface area (Å²) in [6.07, 6.45) is 2.61. The van der Waals surface area contributed by atoms with Gasteiger partial charge in [-0.2, -0.15) is 5.26 Å². The molecule has 0 bridgehead atoms. The number of nitriles is 1. The van der Waals surface area contributed by atoms with Crippen LogP contribution in [-0.2, 0) is 10.0 Å². The predicted molar refractivity (Wildman–Crippen MR) is 81.7 cm³/mol. The summed E-state index contributed by atoms with van der Waals surface area (Å²) in [4.78, 5) is 3.70. The Balaban J connectivity index is 2.41. The molecule has 0 fully saturated rings. The minimum absolute atomic E-state index is 0.0799. The largest absolute Gasteiger partial charge is 0.323 e. The molecule has 0 saturated heterocycles. The Bertz CT molecular complexity index is 817. The Labute approximate surface area is 130 Å². The van der Waals surface area contributed by atoms with Gasteiger partial charge in [-0.1, -0.05) is 0 Å². The second kappa shape index (κ2) is 6.09. The topological polar surface area (TPSA) is 121 Å². The predicted octanol–water partition coefficient (Wildman–Crippen LogP) is 1.80. The highest BCUT2D eigenvalue weighted by Crippen LogP contribution is 2.27. The number of hydrogen-bond acceptors (Lipinski definition) is 6. The van der Waals surface area contributed by atoms with Crippen molar-refractivity contribution in [3.63, 3.8) is 0 Å². The minimum Gasteiger partial charge on any atom is -0.323 e.